The minimum absolute atomic E-state index is 0.110. The molecule has 0 saturated heterocycles. The molecule has 0 radical (unpaired) electrons. The SMILES string of the molecule is CNC(=O)Nc1nc(Cl)n(Cc2ccc(Cl)cc2)c1C=O. The molecule has 0 aliphatic heterocycles. The van der Waals surface area contributed by atoms with Crippen LogP contribution < -0.4 is 10.6 Å². The molecule has 0 unspecified atom stereocenters. The Hall–Kier alpha value is -2.05. The number of imidazole rings is 1. The average molecular weight is 327 g/mol. The molecular formula is C13H12Cl2N4O2. The van der Waals surface area contributed by atoms with Crippen LogP contribution in [0.5, 0.6) is 0 Å². The van der Waals surface area contributed by atoms with E-state index >= 15 is 0 Å². The number of halogens is 2. The number of carbonyl (C=O) groups excluding carboxylic acids is 2. The highest BCUT2D eigenvalue weighted by Gasteiger charge is 2.17. The van der Waals surface area contributed by atoms with E-state index in [9.17, 15) is 9.59 Å². The van der Waals surface area contributed by atoms with Gasteiger partial charge in [-0.25, -0.2) is 4.79 Å². The van der Waals surface area contributed by atoms with Crippen molar-refractivity contribution in [3.8, 4) is 0 Å². The maximum atomic E-state index is 11.3. The molecular weight excluding hydrogens is 315 g/mol. The summed E-state index contributed by atoms with van der Waals surface area (Å²) in [5.41, 5.74) is 1.09. The van der Waals surface area contributed by atoms with Gasteiger partial charge < -0.3 is 9.88 Å². The van der Waals surface area contributed by atoms with Crippen molar-refractivity contribution < 1.29 is 9.59 Å². The van der Waals surface area contributed by atoms with Crippen LogP contribution in [0.4, 0.5) is 10.6 Å². The summed E-state index contributed by atoms with van der Waals surface area (Å²) < 4.78 is 1.50. The van der Waals surface area contributed by atoms with E-state index in [0.717, 1.165) is 5.56 Å². The lowest BCUT2D eigenvalue weighted by Gasteiger charge is -2.07. The highest BCUT2D eigenvalue weighted by Crippen LogP contribution is 2.21. The summed E-state index contributed by atoms with van der Waals surface area (Å²) in [6, 6.07) is 6.64. The smallest absolute Gasteiger partial charge is 0.320 e. The van der Waals surface area contributed by atoms with E-state index in [1.54, 1.807) is 12.1 Å². The molecule has 8 heteroatoms. The van der Waals surface area contributed by atoms with Gasteiger partial charge in [0.1, 0.15) is 5.69 Å². The Morgan fingerprint density at radius 3 is 2.57 bits per heavy atom. The molecule has 2 N–H and O–H groups in total. The number of amides is 2. The molecule has 1 aromatic carbocycles. The van der Waals surface area contributed by atoms with Gasteiger partial charge in [0.2, 0.25) is 5.28 Å². The summed E-state index contributed by atoms with van der Waals surface area (Å²) in [5, 5.41) is 5.55. The first kappa shape index (κ1) is 15.3. The summed E-state index contributed by atoms with van der Waals surface area (Å²) in [7, 11) is 1.46. The second kappa shape index (κ2) is 6.60. The lowest BCUT2D eigenvalue weighted by Crippen LogP contribution is -2.25. The molecule has 0 atom stereocenters. The standard InChI is InChI=1S/C13H12Cl2N4O2/c1-16-13(21)18-11-10(7-20)19(12(15)17-11)6-8-2-4-9(14)5-3-8/h2-5,7H,6H2,1H3,(H2,16,18,21). The van der Waals surface area contributed by atoms with Crippen LogP contribution in [-0.2, 0) is 6.54 Å². The zero-order valence-corrected chi connectivity index (χ0v) is 12.6. The van der Waals surface area contributed by atoms with Crippen LogP contribution >= 0.6 is 23.2 Å². The molecule has 0 spiro atoms. The Balaban J connectivity index is 2.32. The molecule has 1 heterocycles. The molecule has 2 amide bonds. The second-order valence-electron chi connectivity index (χ2n) is 4.15. The molecule has 21 heavy (non-hydrogen) atoms. The quantitative estimate of drug-likeness (QED) is 0.848. The van der Waals surface area contributed by atoms with Gasteiger partial charge >= 0.3 is 6.03 Å². The fraction of sp³-hybridized carbons (Fsp3) is 0.154. The lowest BCUT2D eigenvalue weighted by molar-refractivity contribution is 0.111. The van der Waals surface area contributed by atoms with E-state index < -0.39 is 6.03 Å². The maximum Gasteiger partial charge on any atom is 0.320 e. The highest BCUT2D eigenvalue weighted by atomic mass is 35.5. The van der Waals surface area contributed by atoms with E-state index in [0.29, 0.717) is 17.9 Å². The molecule has 0 saturated carbocycles. The minimum atomic E-state index is -0.481. The molecule has 110 valence electrons. The number of carbonyl (C=O) groups is 2. The van der Waals surface area contributed by atoms with Gasteiger partial charge in [-0.15, -0.1) is 0 Å². The maximum absolute atomic E-state index is 11.3. The predicted octanol–water partition coefficient (Wildman–Crippen LogP) is 2.80. The van der Waals surface area contributed by atoms with Gasteiger partial charge in [0.25, 0.3) is 0 Å². The number of urea groups is 1. The first-order chi connectivity index (χ1) is 10.0. The van der Waals surface area contributed by atoms with Gasteiger partial charge in [-0.2, -0.15) is 4.98 Å². The fourth-order valence-electron chi connectivity index (χ4n) is 1.74. The number of hydrogen-bond donors (Lipinski definition) is 2. The van der Waals surface area contributed by atoms with Crippen molar-refractivity contribution in [2.75, 3.05) is 12.4 Å². The van der Waals surface area contributed by atoms with Crippen LogP contribution in [0.15, 0.2) is 24.3 Å². The number of anilines is 1. The largest absolute Gasteiger partial charge is 0.341 e. The number of hydrogen-bond acceptors (Lipinski definition) is 3. The third kappa shape index (κ3) is 3.53. The monoisotopic (exact) mass is 326 g/mol. The van der Waals surface area contributed by atoms with Crippen molar-refractivity contribution in [3.05, 3.63) is 45.8 Å². The molecule has 1 aromatic heterocycles. The lowest BCUT2D eigenvalue weighted by atomic mass is 10.2. The van der Waals surface area contributed by atoms with Gasteiger partial charge in [0.15, 0.2) is 12.1 Å². The Morgan fingerprint density at radius 1 is 1.33 bits per heavy atom. The van der Waals surface area contributed by atoms with E-state index in [4.69, 9.17) is 23.2 Å². The van der Waals surface area contributed by atoms with Gasteiger partial charge in [0, 0.05) is 12.1 Å². The number of aldehydes is 1. The summed E-state index contributed by atoms with van der Waals surface area (Å²) in [4.78, 5) is 26.6. The summed E-state index contributed by atoms with van der Waals surface area (Å²) in [6.07, 6.45) is 0.597. The summed E-state index contributed by atoms with van der Waals surface area (Å²) in [5.74, 6) is 0.114. The fourth-order valence-corrected chi connectivity index (χ4v) is 2.10. The molecule has 0 aliphatic carbocycles. The van der Waals surface area contributed by atoms with Gasteiger partial charge in [-0.3, -0.25) is 10.1 Å². The van der Waals surface area contributed by atoms with Crippen molar-refractivity contribution in [2.45, 2.75) is 6.54 Å². The van der Waals surface area contributed by atoms with Crippen molar-refractivity contribution in [2.24, 2.45) is 0 Å². The Morgan fingerprint density at radius 2 is 2.00 bits per heavy atom. The Kier molecular flexibility index (Phi) is 4.82. The van der Waals surface area contributed by atoms with Crippen molar-refractivity contribution in [3.63, 3.8) is 0 Å². The average Bonchev–Trinajstić information content (AvgIpc) is 2.76. The molecule has 6 nitrogen and oxygen atoms in total. The van der Waals surface area contributed by atoms with Crippen LogP contribution in [0.25, 0.3) is 0 Å². The van der Waals surface area contributed by atoms with E-state index in [2.05, 4.69) is 15.6 Å². The topological polar surface area (TPSA) is 76.0 Å². The van der Waals surface area contributed by atoms with Crippen LogP contribution in [-0.4, -0.2) is 28.9 Å². The van der Waals surface area contributed by atoms with E-state index in [1.165, 1.54) is 11.6 Å². The number of nitrogens with zero attached hydrogens (tertiary/aromatic N) is 2. The Labute approximate surface area is 131 Å². The molecule has 2 aromatic rings. The number of nitrogens with one attached hydrogen (secondary N) is 2. The van der Waals surface area contributed by atoms with Gasteiger partial charge in [-0.05, 0) is 29.3 Å². The normalized spacial score (nSPS) is 10.2. The number of aromatic nitrogens is 2. The number of benzene rings is 1. The van der Waals surface area contributed by atoms with E-state index in [1.807, 2.05) is 12.1 Å². The van der Waals surface area contributed by atoms with Gasteiger partial charge in [-0.1, -0.05) is 23.7 Å². The second-order valence-corrected chi connectivity index (χ2v) is 4.92. The molecule has 0 bridgehead atoms. The van der Waals surface area contributed by atoms with Crippen molar-refractivity contribution >= 4 is 41.3 Å². The third-order valence-corrected chi connectivity index (χ3v) is 3.33. The predicted molar refractivity (Wildman–Crippen MR) is 81.3 cm³/mol. The van der Waals surface area contributed by atoms with Crippen molar-refractivity contribution in [1.82, 2.24) is 14.9 Å². The Bertz CT molecular complexity index is 668. The summed E-state index contributed by atoms with van der Waals surface area (Å²) in [6.45, 7) is 0.340. The zero-order chi connectivity index (χ0) is 15.4. The minimum Gasteiger partial charge on any atom is -0.341 e. The van der Waals surface area contributed by atoms with Crippen LogP contribution in [0.1, 0.15) is 16.1 Å². The molecule has 0 aliphatic rings. The summed E-state index contributed by atoms with van der Waals surface area (Å²) >= 11 is 11.9. The highest BCUT2D eigenvalue weighted by molar-refractivity contribution is 6.30. The van der Waals surface area contributed by atoms with Crippen LogP contribution in [0.3, 0.4) is 0 Å². The molecule has 0 fully saturated rings. The first-order valence-corrected chi connectivity index (χ1v) is 6.75. The van der Waals surface area contributed by atoms with E-state index in [-0.39, 0.29) is 16.8 Å². The van der Waals surface area contributed by atoms with Crippen molar-refractivity contribution in [1.29, 1.82) is 0 Å². The first-order valence-electron chi connectivity index (χ1n) is 5.99. The van der Waals surface area contributed by atoms with Crippen LogP contribution in [0.2, 0.25) is 10.3 Å². The van der Waals surface area contributed by atoms with Crippen LogP contribution in [0, 0.1) is 0 Å². The third-order valence-electron chi connectivity index (χ3n) is 2.78. The number of rotatable bonds is 4. The van der Waals surface area contributed by atoms with Gasteiger partial charge in [0.05, 0.1) is 6.54 Å². The molecule has 2 rings (SSSR count). The zero-order valence-electron chi connectivity index (χ0n) is 11.1.